The van der Waals surface area contributed by atoms with E-state index < -0.39 is 6.04 Å². The Morgan fingerprint density at radius 2 is 2.26 bits per heavy atom. The maximum Gasteiger partial charge on any atom is 0.330 e. The van der Waals surface area contributed by atoms with Crippen LogP contribution in [0.1, 0.15) is 17.4 Å². The smallest absolute Gasteiger partial charge is 0.330 e. The van der Waals surface area contributed by atoms with Crippen LogP contribution in [0.3, 0.4) is 0 Å². The van der Waals surface area contributed by atoms with Gasteiger partial charge in [-0.25, -0.2) is 4.79 Å². The van der Waals surface area contributed by atoms with Crippen molar-refractivity contribution < 1.29 is 19.1 Å². The van der Waals surface area contributed by atoms with Gasteiger partial charge in [-0.05, 0) is 12.1 Å². The van der Waals surface area contributed by atoms with Gasteiger partial charge in [0.15, 0.2) is 11.8 Å². The maximum atomic E-state index is 11.7. The van der Waals surface area contributed by atoms with Crippen molar-refractivity contribution in [3.63, 3.8) is 0 Å². The molecule has 1 aliphatic rings. The van der Waals surface area contributed by atoms with Gasteiger partial charge in [0.25, 0.3) is 0 Å². The van der Waals surface area contributed by atoms with Gasteiger partial charge < -0.3 is 14.4 Å². The average Bonchev–Trinajstić information content (AvgIpc) is 2.46. The van der Waals surface area contributed by atoms with Gasteiger partial charge in [0, 0.05) is 13.5 Å². The fourth-order valence-electron chi connectivity index (χ4n) is 2.01. The van der Waals surface area contributed by atoms with Crippen molar-refractivity contribution in [2.24, 2.45) is 0 Å². The number of carbonyl (C=O) groups excluding carboxylic acids is 2. The van der Waals surface area contributed by atoms with Gasteiger partial charge >= 0.3 is 5.97 Å². The van der Waals surface area contributed by atoms with E-state index in [9.17, 15) is 9.59 Å². The first-order valence-electron chi connectivity index (χ1n) is 6.02. The molecule has 1 unspecified atom stereocenters. The van der Waals surface area contributed by atoms with Crippen LogP contribution in [-0.2, 0) is 14.3 Å². The number of morpholine rings is 1. The molecule has 0 N–H and O–H groups in total. The lowest BCUT2D eigenvalue weighted by Gasteiger charge is -2.35. The molecule has 0 aliphatic carbocycles. The molecule has 1 fully saturated rings. The molecule has 102 valence electrons. The standard InChI is InChI=1S/C13H16N2O4/c1-9(16)11-4-3-10(7-14-11)15-5-6-19-8-12(15)13(17)18-2/h3-4,7,12H,5-6,8H2,1-2H3. The Morgan fingerprint density at radius 1 is 1.47 bits per heavy atom. The number of aromatic nitrogens is 1. The molecule has 0 aromatic carbocycles. The number of rotatable bonds is 3. The number of hydrogen-bond acceptors (Lipinski definition) is 6. The van der Waals surface area contributed by atoms with E-state index >= 15 is 0 Å². The van der Waals surface area contributed by atoms with E-state index in [-0.39, 0.29) is 11.8 Å². The first-order valence-corrected chi connectivity index (χ1v) is 6.02. The third-order valence-electron chi connectivity index (χ3n) is 3.04. The monoisotopic (exact) mass is 264 g/mol. The van der Waals surface area contributed by atoms with Gasteiger partial charge in [-0.3, -0.25) is 9.78 Å². The topological polar surface area (TPSA) is 68.7 Å². The fraction of sp³-hybridized carbons (Fsp3) is 0.462. The van der Waals surface area contributed by atoms with Crippen molar-refractivity contribution in [1.29, 1.82) is 0 Å². The number of esters is 1. The second-order valence-corrected chi connectivity index (χ2v) is 4.27. The maximum absolute atomic E-state index is 11.7. The zero-order chi connectivity index (χ0) is 13.8. The summed E-state index contributed by atoms with van der Waals surface area (Å²) in [5.74, 6) is -0.423. The molecule has 6 nitrogen and oxygen atoms in total. The summed E-state index contributed by atoms with van der Waals surface area (Å²) in [5, 5.41) is 0. The highest BCUT2D eigenvalue weighted by Gasteiger charge is 2.30. The van der Waals surface area contributed by atoms with Crippen molar-refractivity contribution in [3.8, 4) is 0 Å². The lowest BCUT2D eigenvalue weighted by atomic mass is 10.2. The average molecular weight is 264 g/mol. The normalized spacial score (nSPS) is 19.1. The summed E-state index contributed by atoms with van der Waals surface area (Å²) in [4.78, 5) is 28.9. The molecule has 6 heteroatoms. The van der Waals surface area contributed by atoms with Gasteiger partial charge in [0.2, 0.25) is 0 Å². The van der Waals surface area contributed by atoms with Crippen molar-refractivity contribution >= 4 is 17.4 Å². The molecule has 0 bridgehead atoms. The molecule has 0 saturated carbocycles. The Labute approximate surface area is 111 Å². The SMILES string of the molecule is COC(=O)C1COCCN1c1ccc(C(C)=O)nc1. The van der Waals surface area contributed by atoms with Crippen molar-refractivity contribution in [2.45, 2.75) is 13.0 Å². The van der Waals surface area contributed by atoms with Crippen LogP contribution in [0.4, 0.5) is 5.69 Å². The predicted octanol–water partition coefficient (Wildman–Crippen LogP) is 0.662. The third-order valence-corrected chi connectivity index (χ3v) is 3.04. The minimum Gasteiger partial charge on any atom is -0.467 e. The number of hydrogen-bond donors (Lipinski definition) is 0. The quantitative estimate of drug-likeness (QED) is 0.590. The van der Waals surface area contributed by atoms with E-state index in [1.54, 1.807) is 18.3 Å². The van der Waals surface area contributed by atoms with E-state index in [4.69, 9.17) is 9.47 Å². The van der Waals surface area contributed by atoms with Crippen molar-refractivity contribution in [1.82, 2.24) is 4.98 Å². The van der Waals surface area contributed by atoms with Crippen LogP contribution in [0.25, 0.3) is 0 Å². The highest BCUT2D eigenvalue weighted by atomic mass is 16.5. The summed E-state index contributed by atoms with van der Waals surface area (Å²) in [6.07, 6.45) is 1.60. The number of methoxy groups -OCH3 is 1. The van der Waals surface area contributed by atoms with Crippen LogP contribution >= 0.6 is 0 Å². The van der Waals surface area contributed by atoms with Gasteiger partial charge in [-0.15, -0.1) is 0 Å². The number of carbonyl (C=O) groups is 2. The highest BCUT2D eigenvalue weighted by Crippen LogP contribution is 2.19. The number of anilines is 1. The number of Topliss-reactive ketones (excluding diaryl/α,β-unsaturated/α-hetero) is 1. The summed E-state index contributed by atoms with van der Waals surface area (Å²) < 4.78 is 10.1. The minimum absolute atomic E-state index is 0.0851. The van der Waals surface area contributed by atoms with Crippen LogP contribution in [0.15, 0.2) is 18.3 Å². The Bertz CT molecular complexity index is 472. The van der Waals surface area contributed by atoms with Crippen LogP contribution in [-0.4, -0.2) is 49.6 Å². The summed E-state index contributed by atoms with van der Waals surface area (Å²) in [6.45, 7) is 2.89. The van der Waals surface area contributed by atoms with E-state index in [1.807, 2.05) is 4.90 Å². The Morgan fingerprint density at radius 3 is 2.84 bits per heavy atom. The van der Waals surface area contributed by atoms with E-state index in [2.05, 4.69) is 4.98 Å². The van der Waals surface area contributed by atoms with Gasteiger partial charge in [-0.2, -0.15) is 0 Å². The highest BCUT2D eigenvalue weighted by molar-refractivity contribution is 5.92. The molecular formula is C13H16N2O4. The third kappa shape index (κ3) is 2.90. The number of ether oxygens (including phenoxy) is 2. The van der Waals surface area contributed by atoms with E-state index in [0.29, 0.717) is 25.5 Å². The molecule has 0 amide bonds. The summed E-state index contributed by atoms with van der Waals surface area (Å²) >= 11 is 0. The predicted molar refractivity (Wildman–Crippen MR) is 68.2 cm³/mol. The molecule has 0 radical (unpaired) electrons. The second-order valence-electron chi connectivity index (χ2n) is 4.27. The fourth-order valence-corrected chi connectivity index (χ4v) is 2.01. The van der Waals surface area contributed by atoms with E-state index in [0.717, 1.165) is 5.69 Å². The Hall–Kier alpha value is -1.95. The molecule has 0 spiro atoms. The summed E-state index contributed by atoms with van der Waals surface area (Å²) in [6, 6.07) is 2.97. The lowest BCUT2D eigenvalue weighted by Crippen LogP contribution is -2.50. The van der Waals surface area contributed by atoms with Gasteiger partial charge in [0.05, 0.1) is 32.2 Å². The molecule has 1 aromatic rings. The first kappa shape index (κ1) is 13.5. The molecule has 1 aromatic heterocycles. The number of ketones is 1. The molecule has 2 rings (SSSR count). The van der Waals surface area contributed by atoms with Gasteiger partial charge in [-0.1, -0.05) is 0 Å². The van der Waals surface area contributed by atoms with Gasteiger partial charge in [0.1, 0.15) is 5.69 Å². The largest absolute Gasteiger partial charge is 0.467 e. The molecule has 1 aliphatic heterocycles. The van der Waals surface area contributed by atoms with Crippen LogP contribution < -0.4 is 4.90 Å². The molecule has 19 heavy (non-hydrogen) atoms. The van der Waals surface area contributed by atoms with Crippen LogP contribution in [0, 0.1) is 0 Å². The molecule has 1 atom stereocenters. The number of pyridine rings is 1. The lowest BCUT2D eigenvalue weighted by molar-refractivity contribution is -0.144. The van der Waals surface area contributed by atoms with Crippen molar-refractivity contribution in [2.75, 3.05) is 31.8 Å². The molecule has 1 saturated heterocycles. The van der Waals surface area contributed by atoms with Crippen molar-refractivity contribution in [3.05, 3.63) is 24.0 Å². The molecule has 2 heterocycles. The van der Waals surface area contributed by atoms with E-state index in [1.165, 1.54) is 14.0 Å². The number of nitrogens with zero attached hydrogens (tertiary/aromatic N) is 2. The zero-order valence-electron chi connectivity index (χ0n) is 11.0. The second kappa shape index (κ2) is 5.79. The Balaban J connectivity index is 2.22. The minimum atomic E-state index is -0.469. The van der Waals surface area contributed by atoms with Crippen LogP contribution in [0.5, 0.6) is 0 Å². The Kier molecular flexibility index (Phi) is 4.11. The van der Waals surface area contributed by atoms with Crippen LogP contribution in [0.2, 0.25) is 0 Å². The summed E-state index contributed by atoms with van der Waals surface area (Å²) in [7, 11) is 1.35. The molecular weight excluding hydrogens is 248 g/mol. The zero-order valence-corrected chi connectivity index (χ0v) is 11.0. The first-order chi connectivity index (χ1) is 9.13. The summed E-state index contributed by atoms with van der Waals surface area (Å²) in [5.41, 5.74) is 1.19.